The van der Waals surface area contributed by atoms with Gasteiger partial charge in [-0.2, -0.15) is 16.1 Å². The highest BCUT2D eigenvalue weighted by molar-refractivity contribution is 7.99. The average molecular weight is 315 g/mol. The Labute approximate surface area is 123 Å². The number of nitrogens with zero attached hydrogens (tertiary/aromatic N) is 1. The fraction of sp³-hybridized carbons (Fsp3) is 0.462. The number of carboxylic acids is 1. The van der Waals surface area contributed by atoms with Crippen molar-refractivity contribution in [2.45, 2.75) is 24.3 Å². The highest BCUT2D eigenvalue weighted by atomic mass is 32.2. The van der Waals surface area contributed by atoms with Crippen molar-refractivity contribution in [3.8, 4) is 0 Å². The molecule has 110 valence electrons. The van der Waals surface area contributed by atoms with Crippen molar-refractivity contribution in [2.75, 3.05) is 18.6 Å². The molecule has 0 saturated carbocycles. The third-order valence-electron chi connectivity index (χ3n) is 3.59. The van der Waals surface area contributed by atoms with Crippen LogP contribution in [0.4, 0.5) is 0 Å². The molecule has 1 aliphatic rings. The number of rotatable bonds is 4. The summed E-state index contributed by atoms with van der Waals surface area (Å²) in [7, 11) is -2.08. The van der Waals surface area contributed by atoms with Gasteiger partial charge in [0.1, 0.15) is 0 Å². The van der Waals surface area contributed by atoms with Crippen LogP contribution in [-0.4, -0.2) is 48.4 Å². The fourth-order valence-electron chi connectivity index (χ4n) is 2.29. The third-order valence-corrected chi connectivity index (χ3v) is 6.79. The van der Waals surface area contributed by atoms with E-state index in [-0.39, 0.29) is 22.1 Å². The smallest absolute Gasteiger partial charge is 0.335 e. The molecule has 2 rings (SSSR count). The number of hydrogen-bond acceptors (Lipinski definition) is 4. The molecule has 0 amide bonds. The van der Waals surface area contributed by atoms with E-state index < -0.39 is 16.0 Å². The van der Waals surface area contributed by atoms with Gasteiger partial charge in [-0.25, -0.2) is 13.2 Å². The van der Waals surface area contributed by atoms with E-state index >= 15 is 0 Å². The molecule has 0 radical (unpaired) electrons. The van der Waals surface area contributed by atoms with E-state index in [0.717, 1.165) is 17.9 Å². The number of hydrogen-bond donors (Lipinski definition) is 1. The van der Waals surface area contributed by atoms with E-state index in [2.05, 4.69) is 0 Å². The van der Waals surface area contributed by atoms with Crippen molar-refractivity contribution in [3.05, 3.63) is 29.3 Å². The molecule has 7 heteroatoms. The SMILES string of the molecule is Cc1c(C(=O)O)cccc1S(=O)(=O)N(C)C1CCSC1. The van der Waals surface area contributed by atoms with Gasteiger partial charge < -0.3 is 5.11 Å². The van der Waals surface area contributed by atoms with Gasteiger partial charge in [0.25, 0.3) is 0 Å². The average Bonchev–Trinajstić information content (AvgIpc) is 2.91. The summed E-state index contributed by atoms with van der Waals surface area (Å²) in [6.45, 7) is 1.54. The molecule has 0 bridgehead atoms. The maximum atomic E-state index is 12.6. The molecular weight excluding hydrogens is 298 g/mol. The molecule has 20 heavy (non-hydrogen) atoms. The van der Waals surface area contributed by atoms with Crippen LogP contribution in [0.25, 0.3) is 0 Å². The maximum Gasteiger partial charge on any atom is 0.335 e. The Kier molecular flexibility index (Phi) is 4.41. The lowest BCUT2D eigenvalue weighted by molar-refractivity contribution is 0.0696. The molecule has 1 fully saturated rings. The van der Waals surface area contributed by atoms with Gasteiger partial charge in [-0.1, -0.05) is 6.07 Å². The monoisotopic (exact) mass is 315 g/mol. The molecule has 0 spiro atoms. The zero-order valence-corrected chi connectivity index (χ0v) is 13.0. The van der Waals surface area contributed by atoms with Gasteiger partial charge in [0.2, 0.25) is 10.0 Å². The molecule has 5 nitrogen and oxygen atoms in total. The van der Waals surface area contributed by atoms with Crippen molar-refractivity contribution in [1.82, 2.24) is 4.31 Å². The van der Waals surface area contributed by atoms with E-state index in [0.29, 0.717) is 0 Å². The molecular formula is C13H17NO4S2. The Balaban J connectivity index is 2.44. The van der Waals surface area contributed by atoms with Crippen LogP contribution in [-0.2, 0) is 10.0 Å². The first-order chi connectivity index (χ1) is 9.35. The van der Waals surface area contributed by atoms with Gasteiger partial charge in [-0.05, 0) is 36.8 Å². The first-order valence-electron chi connectivity index (χ1n) is 6.24. The highest BCUT2D eigenvalue weighted by Gasteiger charge is 2.32. The summed E-state index contributed by atoms with van der Waals surface area (Å²) in [4.78, 5) is 11.2. The Hall–Kier alpha value is -1.05. The molecule has 0 aliphatic carbocycles. The minimum Gasteiger partial charge on any atom is -0.478 e. The normalized spacial score (nSPS) is 19.4. The lowest BCUT2D eigenvalue weighted by atomic mass is 10.1. The van der Waals surface area contributed by atoms with Crippen LogP contribution < -0.4 is 0 Å². The summed E-state index contributed by atoms with van der Waals surface area (Å²) in [5.41, 5.74) is 0.317. The summed E-state index contributed by atoms with van der Waals surface area (Å²) in [6.07, 6.45) is 0.831. The van der Waals surface area contributed by atoms with Crippen LogP contribution in [0.2, 0.25) is 0 Å². The Morgan fingerprint density at radius 3 is 2.70 bits per heavy atom. The van der Waals surface area contributed by atoms with Crippen LogP contribution in [0.5, 0.6) is 0 Å². The second kappa shape index (κ2) is 5.75. The van der Waals surface area contributed by atoms with Gasteiger partial charge in [0.05, 0.1) is 10.5 Å². The molecule has 1 aromatic carbocycles. The Morgan fingerprint density at radius 1 is 1.45 bits per heavy atom. The van der Waals surface area contributed by atoms with Gasteiger partial charge >= 0.3 is 5.97 Å². The Bertz CT molecular complexity index is 621. The quantitative estimate of drug-likeness (QED) is 0.917. The summed E-state index contributed by atoms with van der Waals surface area (Å²) < 4.78 is 26.7. The van der Waals surface area contributed by atoms with Crippen LogP contribution >= 0.6 is 11.8 Å². The zero-order valence-electron chi connectivity index (χ0n) is 11.4. The second-order valence-corrected chi connectivity index (χ2v) is 7.89. The molecule has 1 N–H and O–H groups in total. The van der Waals surface area contributed by atoms with Crippen molar-refractivity contribution in [3.63, 3.8) is 0 Å². The highest BCUT2D eigenvalue weighted by Crippen LogP contribution is 2.28. The van der Waals surface area contributed by atoms with E-state index in [1.807, 2.05) is 0 Å². The van der Waals surface area contributed by atoms with E-state index in [4.69, 9.17) is 5.11 Å². The molecule has 1 atom stereocenters. The maximum absolute atomic E-state index is 12.6. The molecule has 0 aromatic heterocycles. The number of carboxylic acid groups (broad SMARTS) is 1. The van der Waals surface area contributed by atoms with Crippen molar-refractivity contribution >= 4 is 27.8 Å². The van der Waals surface area contributed by atoms with Crippen LogP contribution in [0.15, 0.2) is 23.1 Å². The predicted octanol–water partition coefficient (Wildman–Crippen LogP) is 1.82. The largest absolute Gasteiger partial charge is 0.478 e. The van der Waals surface area contributed by atoms with Crippen LogP contribution in [0.3, 0.4) is 0 Å². The fourth-order valence-corrected chi connectivity index (χ4v) is 5.28. The van der Waals surface area contributed by atoms with E-state index in [1.165, 1.54) is 29.4 Å². The van der Waals surface area contributed by atoms with Crippen molar-refractivity contribution < 1.29 is 18.3 Å². The molecule has 1 saturated heterocycles. The summed E-state index contributed by atoms with van der Waals surface area (Å²) >= 11 is 1.73. The Morgan fingerprint density at radius 2 is 2.15 bits per heavy atom. The van der Waals surface area contributed by atoms with Crippen LogP contribution in [0, 0.1) is 6.92 Å². The molecule has 1 unspecified atom stereocenters. The summed E-state index contributed by atoms with van der Waals surface area (Å²) in [5, 5.41) is 9.09. The number of benzene rings is 1. The van der Waals surface area contributed by atoms with E-state index in [1.54, 1.807) is 18.8 Å². The lowest BCUT2D eigenvalue weighted by Gasteiger charge is -2.24. The van der Waals surface area contributed by atoms with Gasteiger partial charge in [-0.3, -0.25) is 0 Å². The number of aromatic carboxylic acids is 1. The van der Waals surface area contributed by atoms with Crippen LogP contribution in [0.1, 0.15) is 22.3 Å². The second-order valence-electron chi connectivity index (χ2n) is 4.77. The predicted molar refractivity (Wildman–Crippen MR) is 78.8 cm³/mol. The standard InChI is InChI=1S/C13H17NO4S2/c1-9-11(13(15)16)4-3-5-12(9)20(17,18)14(2)10-6-7-19-8-10/h3-5,10H,6-8H2,1-2H3,(H,15,16). The molecule has 1 aromatic rings. The minimum atomic E-state index is -3.65. The number of sulfonamides is 1. The first kappa shape index (κ1) is 15.3. The summed E-state index contributed by atoms with van der Waals surface area (Å²) in [5.74, 6) is 0.630. The number of carbonyl (C=O) groups is 1. The van der Waals surface area contributed by atoms with Crippen molar-refractivity contribution in [2.24, 2.45) is 0 Å². The number of thioether (sulfide) groups is 1. The molecule has 1 aliphatic heterocycles. The summed E-state index contributed by atoms with van der Waals surface area (Å²) in [6, 6.07) is 4.34. The van der Waals surface area contributed by atoms with E-state index in [9.17, 15) is 13.2 Å². The minimum absolute atomic E-state index is 0.0158. The zero-order chi connectivity index (χ0) is 14.9. The van der Waals surface area contributed by atoms with Crippen molar-refractivity contribution in [1.29, 1.82) is 0 Å². The molecule has 1 heterocycles. The first-order valence-corrected chi connectivity index (χ1v) is 8.84. The van der Waals surface area contributed by atoms with Gasteiger partial charge in [-0.15, -0.1) is 0 Å². The van der Waals surface area contributed by atoms with Gasteiger partial charge in [0.15, 0.2) is 0 Å². The van der Waals surface area contributed by atoms with Gasteiger partial charge in [0, 0.05) is 18.8 Å². The third kappa shape index (κ3) is 2.70. The topological polar surface area (TPSA) is 74.7 Å². The lowest BCUT2D eigenvalue weighted by Crippen LogP contribution is -2.37.